The Bertz CT molecular complexity index is 671. The van der Waals surface area contributed by atoms with Crippen LogP contribution in [0.1, 0.15) is 41.0 Å². The Hall–Kier alpha value is -2.26. The summed E-state index contributed by atoms with van der Waals surface area (Å²) in [4.78, 5) is 51.5. The van der Waals surface area contributed by atoms with Crippen molar-refractivity contribution in [3.8, 4) is 0 Å². The van der Waals surface area contributed by atoms with Crippen LogP contribution in [0.15, 0.2) is 12.7 Å². The minimum atomic E-state index is -1.39. The summed E-state index contributed by atoms with van der Waals surface area (Å²) in [6, 6.07) is -3.01. The summed E-state index contributed by atoms with van der Waals surface area (Å²) in [5.41, 5.74) is 5.66. The molecule has 9 heteroatoms. The molecular formula is C21H36N4O5. The van der Waals surface area contributed by atoms with Crippen LogP contribution >= 0.6 is 0 Å². The molecule has 9 nitrogen and oxygen atoms in total. The van der Waals surface area contributed by atoms with Crippen LogP contribution in [0.2, 0.25) is 0 Å². The molecule has 0 aromatic carbocycles. The minimum absolute atomic E-state index is 0.0856. The highest BCUT2D eigenvalue weighted by atomic mass is 16.3. The molecule has 3 amide bonds. The Morgan fingerprint density at radius 1 is 1.27 bits per heavy atom. The molecule has 1 aliphatic rings. The fraction of sp³-hybridized carbons (Fsp3) is 0.714. The van der Waals surface area contributed by atoms with Crippen molar-refractivity contribution in [3.63, 3.8) is 0 Å². The lowest BCUT2D eigenvalue weighted by Gasteiger charge is -2.33. The monoisotopic (exact) mass is 424 g/mol. The van der Waals surface area contributed by atoms with Crippen molar-refractivity contribution in [3.05, 3.63) is 12.7 Å². The molecule has 0 aliphatic carbocycles. The van der Waals surface area contributed by atoms with Crippen LogP contribution < -0.4 is 16.4 Å². The van der Waals surface area contributed by atoms with E-state index < -0.39 is 47.7 Å². The summed E-state index contributed by atoms with van der Waals surface area (Å²) >= 11 is 0. The van der Waals surface area contributed by atoms with Gasteiger partial charge in [-0.15, -0.1) is 6.58 Å². The number of carbonyl (C=O) groups excluding carboxylic acids is 4. The van der Waals surface area contributed by atoms with Crippen molar-refractivity contribution in [1.29, 1.82) is 0 Å². The topological polar surface area (TPSA) is 142 Å². The van der Waals surface area contributed by atoms with Gasteiger partial charge in [0.05, 0.1) is 12.6 Å². The number of likely N-dealkylation sites (tertiary alicyclic amines) is 1. The van der Waals surface area contributed by atoms with E-state index in [0.29, 0.717) is 13.0 Å². The molecule has 1 heterocycles. The Balaban J connectivity index is 3.01. The largest absolute Gasteiger partial charge is 0.394 e. The number of nitrogens with two attached hydrogens (primary N) is 1. The molecular weight excluding hydrogens is 388 g/mol. The van der Waals surface area contributed by atoms with Crippen molar-refractivity contribution >= 4 is 23.5 Å². The number of amides is 3. The second-order valence-corrected chi connectivity index (χ2v) is 9.20. The maximum atomic E-state index is 13.0. The fourth-order valence-corrected chi connectivity index (χ4v) is 3.26. The second kappa shape index (κ2) is 10.7. The van der Waals surface area contributed by atoms with Crippen LogP contribution in [0.4, 0.5) is 0 Å². The van der Waals surface area contributed by atoms with Crippen molar-refractivity contribution < 1.29 is 24.3 Å². The van der Waals surface area contributed by atoms with E-state index in [1.807, 2.05) is 34.6 Å². The van der Waals surface area contributed by atoms with Crippen LogP contribution in [0.5, 0.6) is 0 Å². The van der Waals surface area contributed by atoms with E-state index in [-0.39, 0.29) is 24.3 Å². The van der Waals surface area contributed by atoms with Gasteiger partial charge in [-0.1, -0.05) is 40.7 Å². The summed E-state index contributed by atoms with van der Waals surface area (Å²) in [6.07, 6.45) is 1.82. The van der Waals surface area contributed by atoms with E-state index in [1.54, 1.807) is 0 Å². The van der Waals surface area contributed by atoms with Gasteiger partial charge in [-0.05, 0) is 23.7 Å². The normalized spacial score (nSPS) is 21.1. The quantitative estimate of drug-likeness (QED) is 0.293. The van der Waals surface area contributed by atoms with E-state index in [9.17, 15) is 24.3 Å². The first-order valence-electron chi connectivity index (χ1n) is 10.2. The van der Waals surface area contributed by atoms with Crippen LogP contribution in [-0.2, 0) is 19.2 Å². The predicted molar refractivity (Wildman–Crippen MR) is 113 cm³/mol. The third-order valence-corrected chi connectivity index (χ3v) is 5.51. The third-order valence-electron chi connectivity index (χ3n) is 5.51. The number of carbonyl (C=O) groups is 4. The molecule has 2 unspecified atom stereocenters. The van der Waals surface area contributed by atoms with E-state index in [2.05, 4.69) is 17.2 Å². The maximum Gasteiger partial charge on any atom is 0.289 e. The zero-order chi connectivity index (χ0) is 23.2. The average Bonchev–Trinajstić information content (AvgIpc) is 3.13. The first-order valence-corrected chi connectivity index (χ1v) is 10.2. The van der Waals surface area contributed by atoms with E-state index in [4.69, 9.17) is 5.73 Å². The minimum Gasteiger partial charge on any atom is -0.394 e. The molecule has 0 radical (unpaired) electrons. The number of rotatable bonds is 9. The summed E-state index contributed by atoms with van der Waals surface area (Å²) in [7, 11) is 0. The van der Waals surface area contributed by atoms with Gasteiger partial charge in [0.1, 0.15) is 12.1 Å². The van der Waals surface area contributed by atoms with Gasteiger partial charge in [-0.3, -0.25) is 19.2 Å². The van der Waals surface area contributed by atoms with Gasteiger partial charge in [0.25, 0.3) is 5.91 Å². The molecule has 1 saturated heterocycles. The molecule has 0 saturated carbocycles. The van der Waals surface area contributed by atoms with Gasteiger partial charge in [0.15, 0.2) is 0 Å². The number of hydrogen-bond donors (Lipinski definition) is 4. The van der Waals surface area contributed by atoms with E-state index >= 15 is 0 Å². The lowest BCUT2D eigenvalue weighted by atomic mass is 9.86. The summed E-state index contributed by atoms with van der Waals surface area (Å²) < 4.78 is 0. The smallest absolute Gasteiger partial charge is 0.289 e. The molecule has 30 heavy (non-hydrogen) atoms. The SMILES string of the molecule is C=CCNC(=O)C(=O)C(CO)NC(=O)[C@@H]1CC(C(C)C)CN1C(=O)[C@@H](N)C(C)(C)C. The zero-order valence-corrected chi connectivity index (χ0v) is 18.6. The third kappa shape index (κ3) is 6.37. The maximum absolute atomic E-state index is 13.0. The van der Waals surface area contributed by atoms with Gasteiger partial charge in [-0.25, -0.2) is 0 Å². The summed E-state index contributed by atoms with van der Waals surface area (Å²) in [5.74, 6) is -2.48. The van der Waals surface area contributed by atoms with Crippen LogP contribution in [0.3, 0.4) is 0 Å². The molecule has 5 N–H and O–H groups in total. The Morgan fingerprint density at radius 2 is 1.87 bits per heavy atom. The molecule has 1 rings (SSSR count). The van der Waals surface area contributed by atoms with Crippen molar-refractivity contribution in [2.75, 3.05) is 19.7 Å². The first-order chi connectivity index (χ1) is 13.8. The standard InChI is InChI=1S/C21H36N4O5/c1-7-8-23-19(29)16(27)14(11-26)24-18(28)15-9-13(12(2)3)10-25(15)20(30)17(22)21(4,5)6/h7,12-15,17,26H,1,8-11,22H2,2-6H3,(H,23,29)(H,24,28)/t13?,14?,15-,17+/m0/s1. The lowest BCUT2D eigenvalue weighted by Crippen LogP contribution is -2.57. The van der Waals surface area contributed by atoms with Crippen LogP contribution in [-0.4, -0.2) is 71.3 Å². The number of nitrogens with zero attached hydrogens (tertiary/aromatic N) is 1. The van der Waals surface area contributed by atoms with Crippen molar-refractivity contribution in [2.24, 2.45) is 23.0 Å². The van der Waals surface area contributed by atoms with Crippen LogP contribution in [0, 0.1) is 17.3 Å². The van der Waals surface area contributed by atoms with Gasteiger partial charge in [0.2, 0.25) is 17.6 Å². The van der Waals surface area contributed by atoms with E-state index in [0.717, 1.165) is 0 Å². The number of aliphatic hydroxyl groups is 1. The Morgan fingerprint density at radius 3 is 2.33 bits per heavy atom. The highest BCUT2D eigenvalue weighted by Crippen LogP contribution is 2.31. The van der Waals surface area contributed by atoms with Gasteiger partial charge in [-0.2, -0.15) is 0 Å². The molecule has 0 aromatic heterocycles. The molecule has 1 aliphatic heterocycles. The van der Waals surface area contributed by atoms with Gasteiger partial charge >= 0.3 is 0 Å². The van der Waals surface area contributed by atoms with Crippen LogP contribution in [0.25, 0.3) is 0 Å². The van der Waals surface area contributed by atoms with Gasteiger partial charge in [0, 0.05) is 13.1 Å². The highest BCUT2D eigenvalue weighted by Gasteiger charge is 2.44. The predicted octanol–water partition coefficient (Wildman–Crippen LogP) is -0.419. The number of ketones is 1. The molecule has 4 atom stereocenters. The number of hydrogen-bond acceptors (Lipinski definition) is 6. The second-order valence-electron chi connectivity index (χ2n) is 9.20. The average molecular weight is 425 g/mol. The number of aliphatic hydroxyl groups excluding tert-OH is 1. The summed E-state index contributed by atoms with van der Waals surface area (Å²) in [6.45, 7) is 12.8. The highest BCUT2D eigenvalue weighted by molar-refractivity contribution is 6.38. The van der Waals surface area contributed by atoms with E-state index in [1.165, 1.54) is 11.0 Å². The molecule has 0 spiro atoms. The van der Waals surface area contributed by atoms with Gasteiger partial charge < -0.3 is 26.4 Å². The first kappa shape index (κ1) is 25.8. The summed E-state index contributed by atoms with van der Waals surface area (Å²) in [5, 5.41) is 14.3. The zero-order valence-electron chi connectivity index (χ0n) is 18.6. The number of Topliss-reactive ketones (excluding diaryl/α,β-unsaturated/α-hetero) is 1. The Labute approximate surface area is 178 Å². The molecule has 170 valence electrons. The van der Waals surface area contributed by atoms with Crippen molar-refractivity contribution in [1.82, 2.24) is 15.5 Å². The lowest BCUT2D eigenvalue weighted by molar-refractivity contribution is -0.143. The molecule has 0 aromatic rings. The molecule has 0 bridgehead atoms. The number of nitrogens with one attached hydrogen (secondary N) is 2. The fourth-order valence-electron chi connectivity index (χ4n) is 3.26. The van der Waals surface area contributed by atoms with Crippen molar-refractivity contribution in [2.45, 2.75) is 59.2 Å². The molecule has 1 fully saturated rings. The Kier molecular flexibility index (Phi) is 9.17.